The molecule has 0 N–H and O–H groups in total. The Balaban J connectivity index is 1.89. The van der Waals surface area contributed by atoms with Crippen molar-refractivity contribution in [3.05, 3.63) is 78.1 Å². The third-order valence-electron chi connectivity index (χ3n) is 3.48. The molecule has 0 aliphatic rings. The van der Waals surface area contributed by atoms with Gasteiger partial charge in [0, 0.05) is 14.1 Å². The first-order valence-electron chi connectivity index (χ1n) is 7.55. The van der Waals surface area contributed by atoms with Gasteiger partial charge in [0.05, 0.1) is 5.25 Å². The molecule has 0 unspecified atom stereocenters. The molecule has 0 atom stereocenters. The van der Waals surface area contributed by atoms with Crippen molar-refractivity contribution in [2.75, 3.05) is 14.1 Å². The van der Waals surface area contributed by atoms with Gasteiger partial charge in [-0.05, 0) is 11.1 Å². The maximum atomic E-state index is 12.0. The van der Waals surface area contributed by atoms with Crippen molar-refractivity contribution in [3.63, 3.8) is 0 Å². The first-order valence-corrected chi connectivity index (χ1v) is 8.43. The van der Waals surface area contributed by atoms with E-state index in [1.807, 2.05) is 36.4 Å². The zero-order chi connectivity index (χ0) is 16.9. The number of thioether (sulfide) groups is 1. The summed E-state index contributed by atoms with van der Waals surface area (Å²) in [7, 11) is 3.38. The van der Waals surface area contributed by atoms with Crippen molar-refractivity contribution in [1.82, 2.24) is 19.7 Å². The van der Waals surface area contributed by atoms with Crippen molar-refractivity contribution < 1.29 is 4.79 Å². The van der Waals surface area contributed by atoms with Crippen LogP contribution in [0.4, 0.5) is 4.79 Å². The third-order valence-corrected chi connectivity index (χ3v) is 4.66. The number of carbonyl (C=O) groups is 1. The Hall–Kier alpha value is -2.60. The lowest BCUT2D eigenvalue weighted by atomic mass is 10.0. The molecule has 2 aromatic carbocycles. The fraction of sp³-hybridized carbons (Fsp3) is 0.167. The number of benzene rings is 2. The number of carbonyl (C=O) groups excluding carboxylic acids is 1. The summed E-state index contributed by atoms with van der Waals surface area (Å²) in [6.45, 7) is 0. The van der Waals surface area contributed by atoms with E-state index in [1.165, 1.54) is 38.8 Å². The largest absolute Gasteiger partial charge is 0.345 e. The molecule has 0 radical (unpaired) electrons. The van der Waals surface area contributed by atoms with Crippen LogP contribution in [-0.2, 0) is 0 Å². The maximum Gasteiger partial charge on any atom is 0.345 e. The molecule has 0 aliphatic heterocycles. The number of hydrogen-bond donors (Lipinski definition) is 0. The van der Waals surface area contributed by atoms with Gasteiger partial charge < -0.3 is 4.90 Å². The quantitative estimate of drug-likeness (QED) is 0.681. The molecule has 1 heterocycles. The minimum absolute atomic E-state index is 0.0673. The van der Waals surface area contributed by atoms with E-state index in [0.29, 0.717) is 5.16 Å². The molecule has 3 rings (SSSR count). The molecule has 1 aromatic heterocycles. The van der Waals surface area contributed by atoms with Crippen LogP contribution in [0.3, 0.4) is 0 Å². The zero-order valence-corrected chi connectivity index (χ0v) is 14.4. The highest BCUT2D eigenvalue weighted by atomic mass is 32.2. The minimum Gasteiger partial charge on any atom is -0.329 e. The fourth-order valence-corrected chi connectivity index (χ4v) is 3.33. The summed E-state index contributed by atoms with van der Waals surface area (Å²) in [5, 5.41) is 4.94. The molecule has 0 fully saturated rings. The minimum atomic E-state index is -0.217. The van der Waals surface area contributed by atoms with Crippen molar-refractivity contribution in [3.8, 4) is 0 Å². The van der Waals surface area contributed by atoms with Crippen LogP contribution in [0.25, 0.3) is 0 Å². The lowest BCUT2D eigenvalue weighted by molar-refractivity contribution is 0.215. The first kappa shape index (κ1) is 16.3. The molecule has 0 aliphatic carbocycles. The fourth-order valence-electron chi connectivity index (χ4n) is 2.29. The van der Waals surface area contributed by atoms with E-state index in [2.05, 4.69) is 34.3 Å². The van der Waals surface area contributed by atoms with Crippen LogP contribution in [0.15, 0.2) is 72.1 Å². The molecule has 122 valence electrons. The Morgan fingerprint density at radius 1 is 1.00 bits per heavy atom. The maximum absolute atomic E-state index is 12.0. The molecule has 0 saturated heterocycles. The van der Waals surface area contributed by atoms with Gasteiger partial charge >= 0.3 is 6.03 Å². The molecule has 5 nitrogen and oxygen atoms in total. The van der Waals surface area contributed by atoms with Crippen LogP contribution in [0, 0.1) is 0 Å². The summed E-state index contributed by atoms with van der Waals surface area (Å²) >= 11 is 1.53. The summed E-state index contributed by atoms with van der Waals surface area (Å²) in [5.41, 5.74) is 2.34. The van der Waals surface area contributed by atoms with Gasteiger partial charge in [0.1, 0.15) is 6.33 Å². The molecule has 0 spiro atoms. The Morgan fingerprint density at radius 2 is 1.54 bits per heavy atom. The van der Waals surface area contributed by atoms with Gasteiger partial charge in [-0.1, -0.05) is 72.4 Å². The van der Waals surface area contributed by atoms with Crippen LogP contribution >= 0.6 is 11.8 Å². The second kappa shape index (κ2) is 7.31. The summed E-state index contributed by atoms with van der Waals surface area (Å²) in [4.78, 5) is 17.7. The lowest BCUT2D eigenvalue weighted by Gasteiger charge is -2.15. The lowest BCUT2D eigenvalue weighted by Crippen LogP contribution is -2.27. The highest BCUT2D eigenvalue weighted by Crippen LogP contribution is 2.38. The van der Waals surface area contributed by atoms with E-state index in [0.717, 1.165) is 0 Å². The topological polar surface area (TPSA) is 51.0 Å². The Morgan fingerprint density at radius 3 is 2.04 bits per heavy atom. The Labute approximate surface area is 145 Å². The van der Waals surface area contributed by atoms with E-state index in [9.17, 15) is 4.79 Å². The number of hydrogen-bond acceptors (Lipinski definition) is 4. The van der Waals surface area contributed by atoms with Crippen molar-refractivity contribution >= 4 is 17.8 Å². The average molecular weight is 338 g/mol. The Bertz CT molecular complexity index is 763. The van der Waals surface area contributed by atoms with Gasteiger partial charge in [0.15, 0.2) is 0 Å². The standard InChI is InChI=1S/C18H18N4OS/c1-21(2)18(23)22-13-19-17(20-22)24-16(14-9-5-3-6-10-14)15-11-7-4-8-12-15/h3-13,16H,1-2H3. The van der Waals surface area contributed by atoms with E-state index in [-0.39, 0.29) is 11.3 Å². The SMILES string of the molecule is CN(C)C(=O)n1cnc(SC(c2ccccc2)c2ccccc2)n1. The van der Waals surface area contributed by atoms with Gasteiger partial charge in [0.2, 0.25) is 5.16 Å². The Kier molecular flexibility index (Phi) is 4.96. The third kappa shape index (κ3) is 3.65. The van der Waals surface area contributed by atoms with Gasteiger partial charge in [0.25, 0.3) is 0 Å². The molecule has 1 amide bonds. The van der Waals surface area contributed by atoms with Gasteiger partial charge in [-0.15, -0.1) is 5.10 Å². The highest BCUT2D eigenvalue weighted by molar-refractivity contribution is 7.99. The summed E-state index contributed by atoms with van der Waals surface area (Å²) in [6, 6.07) is 20.2. The van der Waals surface area contributed by atoms with E-state index in [1.54, 1.807) is 14.1 Å². The van der Waals surface area contributed by atoms with Gasteiger partial charge in [-0.3, -0.25) is 0 Å². The summed E-state index contributed by atoms with van der Waals surface area (Å²) in [5.74, 6) is 0. The average Bonchev–Trinajstić information content (AvgIpc) is 3.09. The highest BCUT2D eigenvalue weighted by Gasteiger charge is 2.19. The van der Waals surface area contributed by atoms with Gasteiger partial charge in [-0.2, -0.15) is 4.68 Å². The second-order valence-corrected chi connectivity index (χ2v) is 6.54. The van der Waals surface area contributed by atoms with Crippen LogP contribution in [0.5, 0.6) is 0 Å². The number of amides is 1. The van der Waals surface area contributed by atoms with Crippen LogP contribution in [-0.4, -0.2) is 39.8 Å². The van der Waals surface area contributed by atoms with Crippen LogP contribution in [0.1, 0.15) is 16.4 Å². The molecule has 6 heteroatoms. The molecule has 0 bridgehead atoms. The van der Waals surface area contributed by atoms with Crippen molar-refractivity contribution in [2.45, 2.75) is 10.4 Å². The number of aromatic nitrogens is 3. The van der Waals surface area contributed by atoms with Crippen molar-refractivity contribution in [1.29, 1.82) is 0 Å². The summed E-state index contributed by atoms with van der Waals surface area (Å²) < 4.78 is 1.26. The van der Waals surface area contributed by atoms with E-state index < -0.39 is 0 Å². The molecule has 3 aromatic rings. The summed E-state index contributed by atoms with van der Waals surface area (Å²) in [6.07, 6.45) is 1.46. The smallest absolute Gasteiger partial charge is 0.329 e. The molecular formula is C18H18N4OS. The predicted octanol–water partition coefficient (Wildman–Crippen LogP) is 3.69. The van der Waals surface area contributed by atoms with Crippen LogP contribution < -0.4 is 0 Å². The van der Waals surface area contributed by atoms with E-state index in [4.69, 9.17) is 0 Å². The number of rotatable bonds is 4. The van der Waals surface area contributed by atoms with Crippen LogP contribution in [0.2, 0.25) is 0 Å². The predicted molar refractivity (Wildman–Crippen MR) is 95.1 cm³/mol. The van der Waals surface area contributed by atoms with Gasteiger partial charge in [-0.25, -0.2) is 9.78 Å². The molecular weight excluding hydrogens is 320 g/mol. The van der Waals surface area contributed by atoms with E-state index >= 15 is 0 Å². The van der Waals surface area contributed by atoms with Crippen molar-refractivity contribution in [2.24, 2.45) is 0 Å². The second-order valence-electron chi connectivity index (χ2n) is 5.47. The molecule has 24 heavy (non-hydrogen) atoms. The zero-order valence-electron chi connectivity index (χ0n) is 13.5. The monoisotopic (exact) mass is 338 g/mol. The normalized spacial score (nSPS) is 10.8. The molecule has 0 saturated carbocycles. The number of nitrogens with zero attached hydrogens (tertiary/aromatic N) is 4. The first-order chi connectivity index (χ1) is 11.6.